The number of hydrogen-bond acceptors (Lipinski definition) is 3. The van der Waals surface area contributed by atoms with Crippen LogP contribution in [0, 0.1) is 0 Å². The Morgan fingerprint density at radius 3 is 2.38 bits per heavy atom. The van der Waals surface area contributed by atoms with E-state index in [2.05, 4.69) is 5.32 Å². The molecule has 124 valence electrons. The number of carbonyl (C=O) groups is 1. The van der Waals surface area contributed by atoms with E-state index in [0.717, 1.165) is 11.3 Å². The first-order chi connectivity index (χ1) is 11.5. The highest BCUT2D eigenvalue weighted by Crippen LogP contribution is 2.24. The molecule has 0 aromatic heterocycles. The van der Waals surface area contributed by atoms with E-state index < -0.39 is 10.0 Å². The Morgan fingerprint density at radius 2 is 1.75 bits per heavy atom. The maximum atomic E-state index is 11.9. The molecule has 0 bridgehead atoms. The van der Waals surface area contributed by atoms with Gasteiger partial charge in [-0.1, -0.05) is 30.3 Å². The molecule has 0 atom stereocenters. The maximum absolute atomic E-state index is 11.9. The first-order valence-corrected chi connectivity index (χ1v) is 9.30. The van der Waals surface area contributed by atoms with Gasteiger partial charge >= 0.3 is 0 Å². The number of rotatable bonds is 4. The molecular weight excluding hydrogens is 324 g/mol. The Hall–Kier alpha value is -2.60. The molecule has 1 saturated heterocycles. The minimum atomic E-state index is -3.16. The van der Waals surface area contributed by atoms with Crippen molar-refractivity contribution >= 4 is 33.4 Å². The lowest BCUT2D eigenvalue weighted by molar-refractivity contribution is -0.111. The summed E-state index contributed by atoms with van der Waals surface area (Å²) in [5, 5.41) is 2.77. The first-order valence-electron chi connectivity index (χ1n) is 7.69. The molecule has 0 saturated carbocycles. The Labute approximate surface area is 141 Å². The van der Waals surface area contributed by atoms with Gasteiger partial charge in [0.1, 0.15) is 0 Å². The van der Waals surface area contributed by atoms with Crippen LogP contribution < -0.4 is 9.62 Å². The molecule has 1 aliphatic heterocycles. The number of sulfonamides is 1. The van der Waals surface area contributed by atoms with Crippen LogP contribution in [0.5, 0.6) is 0 Å². The van der Waals surface area contributed by atoms with Gasteiger partial charge in [-0.2, -0.15) is 0 Å². The zero-order valence-electron chi connectivity index (χ0n) is 13.1. The molecule has 1 N–H and O–H groups in total. The summed E-state index contributed by atoms with van der Waals surface area (Å²) >= 11 is 0. The molecule has 6 heteroatoms. The summed E-state index contributed by atoms with van der Waals surface area (Å²) in [4.78, 5) is 11.9. The number of nitrogens with zero attached hydrogens (tertiary/aromatic N) is 1. The van der Waals surface area contributed by atoms with Gasteiger partial charge in [-0.05, 0) is 42.3 Å². The minimum absolute atomic E-state index is 0.203. The number of anilines is 2. The molecule has 5 nitrogen and oxygen atoms in total. The van der Waals surface area contributed by atoms with Crippen LogP contribution in [0.4, 0.5) is 11.4 Å². The summed E-state index contributed by atoms with van der Waals surface area (Å²) in [6.45, 7) is 0.525. The second kappa shape index (κ2) is 6.88. The smallest absolute Gasteiger partial charge is 0.248 e. The number of benzene rings is 2. The van der Waals surface area contributed by atoms with E-state index in [1.807, 2.05) is 30.3 Å². The Balaban J connectivity index is 1.65. The molecule has 1 aliphatic rings. The fraction of sp³-hybridized carbons (Fsp3) is 0.167. The molecule has 0 aliphatic carbocycles. The summed E-state index contributed by atoms with van der Waals surface area (Å²) in [6, 6.07) is 16.3. The second-order valence-electron chi connectivity index (χ2n) is 5.52. The Bertz CT molecular complexity index is 844. The summed E-state index contributed by atoms with van der Waals surface area (Å²) in [5.41, 5.74) is 2.23. The van der Waals surface area contributed by atoms with Gasteiger partial charge in [0, 0.05) is 18.3 Å². The Kier molecular flexibility index (Phi) is 4.66. The predicted octanol–water partition coefficient (Wildman–Crippen LogP) is 2.88. The van der Waals surface area contributed by atoms with Gasteiger partial charge in [-0.25, -0.2) is 8.42 Å². The van der Waals surface area contributed by atoms with Crippen LogP contribution in [0.15, 0.2) is 60.7 Å². The summed E-state index contributed by atoms with van der Waals surface area (Å²) in [5.74, 6) is -0.0127. The Morgan fingerprint density at radius 1 is 1.04 bits per heavy atom. The molecule has 0 unspecified atom stereocenters. The minimum Gasteiger partial charge on any atom is -0.323 e. The molecule has 24 heavy (non-hydrogen) atoms. The third kappa shape index (κ3) is 3.83. The molecule has 1 heterocycles. The number of para-hydroxylation sites is 1. The quantitative estimate of drug-likeness (QED) is 0.869. The summed E-state index contributed by atoms with van der Waals surface area (Å²) in [6.07, 6.45) is 3.80. The first kappa shape index (κ1) is 16.3. The lowest BCUT2D eigenvalue weighted by Gasteiger charge is -2.16. The lowest BCUT2D eigenvalue weighted by Crippen LogP contribution is -2.24. The highest BCUT2D eigenvalue weighted by atomic mass is 32.2. The van der Waals surface area contributed by atoms with Crippen LogP contribution in [-0.2, 0) is 14.8 Å². The van der Waals surface area contributed by atoms with E-state index in [-0.39, 0.29) is 11.7 Å². The average Bonchev–Trinajstić information content (AvgIpc) is 2.94. The number of hydrogen-bond donors (Lipinski definition) is 1. The fourth-order valence-electron chi connectivity index (χ4n) is 2.56. The van der Waals surface area contributed by atoms with Crippen molar-refractivity contribution in [3.63, 3.8) is 0 Å². The van der Waals surface area contributed by atoms with Crippen molar-refractivity contribution in [2.75, 3.05) is 21.9 Å². The van der Waals surface area contributed by atoms with Crippen LogP contribution >= 0.6 is 0 Å². The van der Waals surface area contributed by atoms with Crippen LogP contribution in [0.2, 0.25) is 0 Å². The van der Waals surface area contributed by atoms with Gasteiger partial charge in [-0.15, -0.1) is 0 Å². The van der Waals surface area contributed by atoms with Crippen molar-refractivity contribution < 1.29 is 13.2 Å². The van der Waals surface area contributed by atoms with Crippen molar-refractivity contribution in [1.82, 2.24) is 0 Å². The molecule has 2 aromatic carbocycles. The van der Waals surface area contributed by atoms with E-state index >= 15 is 0 Å². The van der Waals surface area contributed by atoms with Crippen LogP contribution in [-0.4, -0.2) is 26.6 Å². The normalized spacial score (nSPS) is 16.4. The van der Waals surface area contributed by atoms with E-state index in [0.29, 0.717) is 18.7 Å². The van der Waals surface area contributed by atoms with Gasteiger partial charge in [0.25, 0.3) is 0 Å². The van der Waals surface area contributed by atoms with Gasteiger partial charge in [0.15, 0.2) is 0 Å². The summed E-state index contributed by atoms with van der Waals surface area (Å²) in [7, 11) is -3.16. The second-order valence-corrected chi connectivity index (χ2v) is 7.53. The maximum Gasteiger partial charge on any atom is 0.248 e. The third-order valence-corrected chi connectivity index (χ3v) is 5.62. The summed E-state index contributed by atoms with van der Waals surface area (Å²) < 4.78 is 25.2. The lowest BCUT2D eigenvalue weighted by atomic mass is 10.2. The van der Waals surface area contributed by atoms with Gasteiger partial charge in [-0.3, -0.25) is 9.10 Å². The highest BCUT2D eigenvalue weighted by molar-refractivity contribution is 7.93. The van der Waals surface area contributed by atoms with Crippen LogP contribution in [0.3, 0.4) is 0 Å². The zero-order chi connectivity index (χ0) is 17.0. The molecular formula is C18H18N2O3S. The SMILES string of the molecule is O=C(/C=C/c1ccc(N2CCCS2(=O)=O)cc1)Nc1ccccc1. The van der Waals surface area contributed by atoms with E-state index in [4.69, 9.17) is 0 Å². The van der Waals surface area contributed by atoms with Crippen molar-refractivity contribution in [2.24, 2.45) is 0 Å². The standard InChI is InChI=1S/C18H18N2O3S/c21-18(19-16-5-2-1-3-6-16)12-9-15-7-10-17(11-8-15)20-13-4-14-24(20,22)23/h1-3,5-12H,4,13-14H2,(H,19,21)/b12-9+. The van der Waals surface area contributed by atoms with Crippen LogP contribution in [0.25, 0.3) is 6.08 Å². The number of carbonyl (C=O) groups excluding carboxylic acids is 1. The van der Waals surface area contributed by atoms with E-state index in [1.54, 1.807) is 30.3 Å². The van der Waals surface area contributed by atoms with Crippen molar-refractivity contribution in [3.8, 4) is 0 Å². The van der Waals surface area contributed by atoms with Gasteiger partial charge in [0.05, 0.1) is 11.4 Å². The molecule has 1 amide bonds. The molecule has 0 spiro atoms. The van der Waals surface area contributed by atoms with Gasteiger partial charge in [0.2, 0.25) is 15.9 Å². The molecule has 0 radical (unpaired) electrons. The topological polar surface area (TPSA) is 66.5 Å². The van der Waals surface area contributed by atoms with E-state index in [9.17, 15) is 13.2 Å². The van der Waals surface area contributed by atoms with Crippen molar-refractivity contribution in [1.29, 1.82) is 0 Å². The highest BCUT2D eigenvalue weighted by Gasteiger charge is 2.28. The molecule has 1 fully saturated rings. The fourth-order valence-corrected chi connectivity index (χ4v) is 4.12. The average molecular weight is 342 g/mol. The number of amides is 1. The molecule has 3 rings (SSSR count). The van der Waals surface area contributed by atoms with E-state index in [1.165, 1.54) is 10.4 Å². The van der Waals surface area contributed by atoms with Crippen LogP contribution in [0.1, 0.15) is 12.0 Å². The third-order valence-electron chi connectivity index (χ3n) is 3.75. The predicted molar refractivity (Wildman–Crippen MR) is 96.3 cm³/mol. The van der Waals surface area contributed by atoms with Crippen molar-refractivity contribution in [3.05, 3.63) is 66.2 Å². The van der Waals surface area contributed by atoms with Crippen molar-refractivity contribution in [2.45, 2.75) is 6.42 Å². The van der Waals surface area contributed by atoms with Gasteiger partial charge < -0.3 is 5.32 Å². The zero-order valence-corrected chi connectivity index (χ0v) is 13.9. The largest absolute Gasteiger partial charge is 0.323 e. The monoisotopic (exact) mass is 342 g/mol. The number of nitrogens with one attached hydrogen (secondary N) is 1. The molecule has 2 aromatic rings.